The molecule has 9 heteroatoms. The summed E-state index contributed by atoms with van der Waals surface area (Å²) in [5.41, 5.74) is 4.23. The van der Waals surface area contributed by atoms with Gasteiger partial charge in [0, 0.05) is 66.4 Å². The number of pyridine rings is 1. The third-order valence-corrected chi connectivity index (χ3v) is 9.06. The predicted molar refractivity (Wildman–Crippen MR) is 164 cm³/mol. The fraction of sp³-hybridized carbons (Fsp3) is 0.645. The van der Waals surface area contributed by atoms with Gasteiger partial charge in [0.15, 0.2) is 5.79 Å². The van der Waals surface area contributed by atoms with E-state index in [1.807, 2.05) is 19.9 Å². The topological polar surface area (TPSA) is 76.7 Å². The normalized spacial score (nSPS) is 25.2. The maximum atomic E-state index is 6.82. The Bertz CT molecular complexity index is 1130. The third-order valence-electron chi connectivity index (χ3n) is 8.44. The Morgan fingerprint density at radius 3 is 2.42 bits per heavy atom. The lowest BCUT2D eigenvalue weighted by Gasteiger charge is -2.31. The van der Waals surface area contributed by atoms with Crippen molar-refractivity contribution in [3.8, 4) is 11.1 Å². The van der Waals surface area contributed by atoms with Gasteiger partial charge in [0.2, 0.25) is 0 Å². The number of rotatable bonds is 10. The molecule has 3 heterocycles. The van der Waals surface area contributed by atoms with E-state index in [2.05, 4.69) is 40.0 Å². The van der Waals surface area contributed by atoms with Crippen LogP contribution in [0.3, 0.4) is 0 Å². The molecule has 0 radical (unpaired) electrons. The van der Waals surface area contributed by atoms with E-state index >= 15 is 0 Å². The molecule has 7 nitrogen and oxygen atoms in total. The van der Waals surface area contributed by atoms with E-state index in [0.717, 1.165) is 93.9 Å². The van der Waals surface area contributed by atoms with Crippen molar-refractivity contribution in [2.75, 3.05) is 43.5 Å². The third kappa shape index (κ3) is 7.61. The van der Waals surface area contributed by atoms with Crippen molar-refractivity contribution in [2.45, 2.75) is 89.7 Å². The van der Waals surface area contributed by atoms with Crippen LogP contribution in [0, 0.1) is 5.92 Å². The smallest absolute Gasteiger partial charge is 0.163 e. The van der Waals surface area contributed by atoms with Gasteiger partial charge in [-0.3, -0.25) is 0 Å². The Morgan fingerprint density at radius 1 is 0.975 bits per heavy atom. The zero-order valence-corrected chi connectivity index (χ0v) is 25.5. The van der Waals surface area contributed by atoms with Crippen molar-refractivity contribution in [3.05, 3.63) is 40.0 Å². The van der Waals surface area contributed by atoms with Gasteiger partial charge < -0.3 is 30.2 Å². The second-order valence-electron chi connectivity index (χ2n) is 11.8. The van der Waals surface area contributed by atoms with Crippen molar-refractivity contribution in [1.29, 1.82) is 0 Å². The van der Waals surface area contributed by atoms with Crippen LogP contribution in [0.15, 0.2) is 24.4 Å². The summed E-state index contributed by atoms with van der Waals surface area (Å²) in [5, 5.41) is 12.4. The minimum absolute atomic E-state index is 0.123. The van der Waals surface area contributed by atoms with Crippen LogP contribution >= 0.6 is 23.2 Å². The summed E-state index contributed by atoms with van der Waals surface area (Å²) in [6.45, 7) is 10.2. The standard InChI is InChI=1S/C31H44Cl2N4O3/c1-4-24-28(35-16-20-11-13-38-14-12-20)10-9-26(32)30(24)25-15-29(36-18-27(25)33)37-22-7-5-21(6-8-22)34-17-23-19-39-31(2,3)40-23/h9-10,15,18,20-23,34-35H,4-8,11-14,16-17,19H2,1-3H3,(H,36,37). The molecule has 3 N–H and O–H groups in total. The first-order chi connectivity index (χ1) is 19.3. The summed E-state index contributed by atoms with van der Waals surface area (Å²) in [5.74, 6) is 0.997. The highest BCUT2D eigenvalue weighted by Gasteiger charge is 2.33. The summed E-state index contributed by atoms with van der Waals surface area (Å²) < 4.78 is 17.1. The van der Waals surface area contributed by atoms with Crippen molar-refractivity contribution in [1.82, 2.24) is 10.3 Å². The van der Waals surface area contributed by atoms with E-state index < -0.39 is 5.79 Å². The van der Waals surface area contributed by atoms with Gasteiger partial charge in [0.25, 0.3) is 0 Å². The van der Waals surface area contributed by atoms with Crippen LogP contribution in [0.2, 0.25) is 10.0 Å². The number of nitrogens with zero attached hydrogens (tertiary/aromatic N) is 1. The van der Waals surface area contributed by atoms with E-state index in [-0.39, 0.29) is 6.10 Å². The molecule has 40 heavy (non-hydrogen) atoms. The van der Waals surface area contributed by atoms with Crippen LogP contribution in [0.25, 0.3) is 11.1 Å². The number of hydrogen-bond donors (Lipinski definition) is 3. The second-order valence-corrected chi connectivity index (χ2v) is 12.7. The quantitative estimate of drug-likeness (QED) is 0.277. The van der Waals surface area contributed by atoms with Gasteiger partial charge in [-0.15, -0.1) is 0 Å². The first kappa shape index (κ1) is 29.9. The molecule has 0 spiro atoms. The summed E-state index contributed by atoms with van der Waals surface area (Å²) in [4.78, 5) is 4.63. The van der Waals surface area contributed by atoms with E-state index in [1.165, 1.54) is 5.56 Å². The average molecular weight is 592 g/mol. The average Bonchev–Trinajstić information content (AvgIpc) is 3.31. The molecule has 2 aliphatic heterocycles. The van der Waals surface area contributed by atoms with E-state index in [4.69, 9.17) is 37.4 Å². The van der Waals surface area contributed by atoms with Gasteiger partial charge in [0.1, 0.15) is 5.82 Å². The Labute approximate surface area is 249 Å². The molecule has 0 amide bonds. The molecule has 1 atom stereocenters. The van der Waals surface area contributed by atoms with Crippen LogP contribution in [0.1, 0.15) is 64.9 Å². The predicted octanol–water partition coefficient (Wildman–Crippen LogP) is 6.92. The van der Waals surface area contributed by atoms with E-state index in [9.17, 15) is 0 Å². The van der Waals surface area contributed by atoms with Gasteiger partial charge >= 0.3 is 0 Å². The number of nitrogens with one attached hydrogen (secondary N) is 3. The van der Waals surface area contributed by atoms with Crippen molar-refractivity contribution in [3.63, 3.8) is 0 Å². The monoisotopic (exact) mass is 590 g/mol. The van der Waals surface area contributed by atoms with Crippen molar-refractivity contribution in [2.24, 2.45) is 5.92 Å². The summed E-state index contributed by atoms with van der Waals surface area (Å²) in [7, 11) is 0. The first-order valence-corrected chi connectivity index (χ1v) is 15.7. The van der Waals surface area contributed by atoms with Crippen LogP contribution in [-0.4, -0.2) is 61.9 Å². The lowest BCUT2D eigenvalue weighted by molar-refractivity contribution is -0.137. The van der Waals surface area contributed by atoms with Crippen molar-refractivity contribution >= 4 is 34.7 Å². The number of halogens is 2. The molecule has 220 valence electrons. The molecule has 0 bridgehead atoms. The first-order valence-electron chi connectivity index (χ1n) is 14.9. The molecule has 1 aliphatic carbocycles. The fourth-order valence-corrected chi connectivity index (χ4v) is 6.65. The van der Waals surface area contributed by atoms with Crippen molar-refractivity contribution < 1.29 is 14.2 Å². The van der Waals surface area contributed by atoms with Crippen LogP contribution < -0.4 is 16.0 Å². The van der Waals surface area contributed by atoms with E-state index in [1.54, 1.807) is 6.20 Å². The molecular formula is C31H44Cl2N4O3. The minimum atomic E-state index is -0.469. The summed E-state index contributed by atoms with van der Waals surface area (Å²) >= 11 is 13.6. The Balaban J connectivity index is 1.21. The number of benzene rings is 1. The van der Waals surface area contributed by atoms with Gasteiger partial charge in [-0.25, -0.2) is 4.98 Å². The number of anilines is 2. The zero-order valence-electron chi connectivity index (χ0n) is 24.0. The van der Waals surface area contributed by atoms with Gasteiger partial charge in [-0.2, -0.15) is 0 Å². The number of aromatic nitrogens is 1. The highest BCUT2D eigenvalue weighted by Crippen LogP contribution is 2.40. The highest BCUT2D eigenvalue weighted by atomic mass is 35.5. The Hall–Kier alpha value is -1.61. The van der Waals surface area contributed by atoms with E-state index in [0.29, 0.717) is 34.7 Å². The maximum Gasteiger partial charge on any atom is 0.163 e. The molecule has 1 aromatic heterocycles. The van der Waals surface area contributed by atoms with Crippen LogP contribution in [0.5, 0.6) is 0 Å². The highest BCUT2D eigenvalue weighted by molar-refractivity contribution is 6.36. The second kappa shape index (κ2) is 13.6. The Morgan fingerprint density at radius 2 is 1.73 bits per heavy atom. The molecule has 5 rings (SSSR count). The Kier molecular flexibility index (Phi) is 10.1. The minimum Gasteiger partial charge on any atom is -0.385 e. The van der Waals surface area contributed by atoms with Gasteiger partial charge in [-0.1, -0.05) is 30.1 Å². The molecule has 1 unspecified atom stereocenters. The molecule has 1 aromatic carbocycles. The molecule has 3 aliphatic rings. The largest absolute Gasteiger partial charge is 0.385 e. The molecule has 2 aromatic rings. The zero-order chi connectivity index (χ0) is 28.1. The summed E-state index contributed by atoms with van der Waals surface area (Å²) in [6, 6.07) is 7.01. The SMILES string of the molecule is CCc1c(NCC2CCOCC2)ccc(Cl)c1-c1cc(NC2CCC(NCC3COC(C)(C)O3)CC2)ncc1Cl. The molecule has 2 saturated heterocycles. The van der Waals surface area contributed by atoms with Crippen LogP contribution in [0.4, 0.5) is 11.5 Å². The lowest BCUT2D eigenvalue weighted by atomic mass is 9.91. The lowest BCUT2D eigenvalue weighted by Crippen LogP contribution is -2.41. The summed E-state index contributed by atoms with van der Waals surface area (Å²) in [6.07, 6.45) is 9.30. The fourth-order valence-electron chi connectivity index (χ4n) is 6.17. The molecular weight excluding hydrogens is 547 g/mol. The van der Waals surface area contributed by atoms with Gasteiger partial charge in [0.05, 0.1) is 17.7 Å². The maximum absolute atomic E-state index is 6.82. The number of ether oxygens (including phenoxy) is 3. The van der Waals surface area contributed by atoms with Gasteiger partial charge in [-0.05, 0) is 88.5 Å². The van der Waals surface area contributed by atoms with Crippen LogP contribution in [-0.2, 0) is 20.6 Å². The number of hydrogen-bond acceptors (Lipinski definition) is 7. The molecule has 3 fully saturated rings. The molecule has 1 saturated carbocycles.